The number of hydrogen-bond donors (Lipinski definition) is 3. The SMILES string of the molecule is C[C@@H](Oc1ccc2ccccc2c1)C(=O)NNC(=O)CCNC(=O)c1ccco1. The van der Waals surface area contributed by atoms with Crippen molar-refractivity contribution < 1.29 is 23.5 Å². The average molecular weight is 395 g/mol. The van der Waals surface area contributed by atoms with E-state index in [-0.39, 0.29) is 18.7 Å². The highest BCUT2D eigenvalue weighted by Crippen LogP contribution is 2.21. The van der Waals surface area contributed by atoms with Gasteiger partial charge in [-0.05, 0) is 42.0 Å². The molecule has 3 rings (SSSR count). The van der Waals surface area contributed by atoms with Crippen LogP contribution in [0.3, 0.4) is 0 Å². The molecule has 2 aromatic carbocycles. The molecule has 3 N–H and O–H groups in total. The second-order valence-electron chi connectivity index (χ2n) is 6.29. The molecule has 0 bridgehead atoms. The number of ether oxygens (including phenoxy) is 1. The number of rotatable bonds is 7. The minimum absolute atomic E-state index is 0.00730. The number of fused-ring (bicyclic) bond motifs is 1. The van der Waals surface area contributed by atoms with Crippen LogP contribution in [0.5, 0.6) is 5.75 Å². The fraction of sp³-hybridized carbons (Fsp3) is 0.190. The summed E-state index contributed by atoms with van der Waals surface area (Å²) in [6.07, 6.45) is 0.570. The number of carbonyl (C=O) groups is 3. The van der Waals surface area contributed by atoms with E-state index in [1.165, 1.54) is 12.3 Å². The lowest BCUT2D eigenvalue weighted by molar-refractivity contribution is -0.132. The van der Waals surface area contributed by atoms with Gasteiger partial charge in [0.05, 0.1) is 6.26 Å². The van der Waals surface area contributed by atoms with Crippen LogP contribution in [-0.2, 0) is 9.59 Å². The molecule has 8 nitrogen and oxygen atoms in total. The molecule has 3 aromatic rings. The van der Waals surface area contributed by atoms with E-state index in [9.17, 15) is 14.4 Å². The third kappa shape index (κ3) is 5.58. The van der Waals surface area contributed by atoms with Crippen molar-refractivity contribution in [2.45, 2.75) is 19.4 Å². The molecule has 0 aliphatic carbocycles. The predicted molar refractivity (Wildman–Crippen MR) is 106 cm³/mol. The Hall–Kier alpha value is -3.81. The molecule has 150 valence electrons. The van der Waals surface area contributed by atoms with Crippen LogP contribution in [-0.4, -0.2) is 30.4 Å². The number of hydrogen-bond acceptors (Lipinski definition) is 5. The molecule has 0 aliphatic rings. The smallest absolute Gasteiger partial charge is 0.286 e. The van der Waals surface area contributed by atoms with Gasteiger partial charge in [-0.1, -0.05) is 30.3 Å². The summed E-state index contributed by atoms with van der Waals surface area (Å²) in [5.41, 5.74) is 4.60. The molecule has 29 heavy (non-hydrogen) atoms. The minimum Gasteiger partial charge on any atom is -0.481 e. The van der Waals surface area contributed by atoms with Gasteiger partial charge in [0.15, 0.2) is 11.9 Å². The average Bonchev–Trinajstić information content (AvgIpc) is 3.27. The summed E-state index contributed by atoms with van der Waals surface area (Å²) in [5.74, 6) is -0.636. The van der Waals surface area contributed by atoms with Crippen molar-refractivity contribution in [3.8, 4) is 5.75 Å². The molecule has 8 heteroatoms. The Morgan fingerprint density at radius 3 is 2.55 bits per heavy atom. The van der Waals surface area contributed by atoms with E-state index in [0.717, 1.165) is 10.8 Å². The Balaban J connectivity index is 1.39. The van der Waals surface area contributed by atoms with Crippen LogP contribution in [0.1, 0.15) is 23.9 Å². The fourth-order valence-corrected chi connectivity index (χ4v) is 2.58. The Morgan fingerprint density at radius 1 is 1.00 bits per heavy atom. The molecule has 0 aliphatic heterocycles. The normalized spacial score (nSPS) is 11.5. The zero-order valence-corrected chi connectivity index (χ0v) is 15.8. The summed E-state index contributed by atoms with van der Waals surface area (Å²) in [5, 5.41) is 4.62. The summed E-state index contributed by atoms with van der Waals surface area (Å²) >= 11 is 0. The summed E-state index contributed by atoms with van der Waals surface area (Å²) in [6.45, 7) is 1.69. The fourth-order valence-electron chi connectivity index (χ4n) is 2.58. The van der Waals surface area contributed by atoms with E-state index in [1.807, 2.05) is 36.4 Å². The lowest BCUT2D eigenvalue weighted by Crippen LogP contribution is -2.47. The van der Waals surface area contributed by atoms with Crippen molar-refractivity contribution >= 4 is 28.5 Å². The van der Waals surface area contributed by atoms with Gasteiger partial charge in [-0.3, -0.25) is 25.2 Å². The van der Waals surface area contributed by atoms with Crippen molar-refractivity contribution in [2.75, 3.05) is 6.54 Å². The molecule has 0 saturated heterocycles. The highest BCUT2D eigenvalue weighted by molar-refractivity contribution is 5.91. The van der Waals surface area contributed by atoms with Gasteiger partial charge in [0, 0.05) is 13.0 Å². The van der Waals surface area contributed by atoms with Crippen molar-refractivity contribution in [3.63, 3.8) is 0 Å². The highest BCUT2D eigenvalue weighted by atomic mass is 16.5. The van der Waals surface area contributed by atoms with E-state index in [4.69, 9.17) is 9.15 Å². The molecular weight excluding hydrogens is 374 g/mol. The van der Waals surface area contributed by atoms with Crippen LogP contribution in [0, 0.1) is 0 Å². The monoisotopic (exact) mass is 395 g/mol. The number of hydrazine groups is 1. The molecule has 1 atom stereocenters. The van der Waals surface area contributed by atoms with Gasteiger partial charge in [0.2, 0.25) is 5.91 Å². The summed E-state index contributed by atoms with van der Waals surface area (Å²) in [7, 11) is 0. The van der Waals surface area contributed by atoms with E-state index in [2.05, 4.69) is 16.2 Å². The Bertz CT molecular complexity index is 1000. The van der Waals surface area contributed by atoms with Gasteiger partial charge >= 0.3 is 0 Å². The minimum atomic E-state index is -0.810. The van der Waals surface area contributed by atoms with Crippen molar-refractivity contribution in [1.29, 1.82) is 0 Å². The molecule has 1 aromatic heterocycles. The maximum Gasteiger partial charge on any atom is 0.286 e. The van der Waals surface area contributed by atoms with Gasteiger partial charge in [-0.25, -0.2) is 0 Å². The van der Waals surface area contributed by atoms with Crippen LogP contribution >= 0.6 is 0 Å². The molecule has 0 spiro atoms. The number of furan rings is 1. The first-order chi connectivity index (χ1) is 14.0. The third-order valence-corrected chi connectivity index (χ3v) is 4.11. The van der Waals surface area contributed by atoms with Crippen molar-refractivity contribution in [1.82, 2.24) is 16.2 Å². The summed E-state index contributed by atoms with van der Waals surface area (Å²) in [4.78, 5) is 35.6. The topological polar surface area (TPSA) is 110 Å². The first-order valence-electron chi connectivity index (χ1n) is 9.09. The van der Waals surface area contributed by atoms with Gasteiger partial charge in [0.1, 0.15) is 5.75 Å². The second-order valence-corrected chi connectivity index (χ2v) is 6.29. The molecule has 0 unspecified atom stereocenters. The zero-order valence-electron chi connectivity index (χ0n) is 15.8. The van der Waals surface area contributed by atoms with Gasteiger partial charge < -0.3 is 14.5 Å². The first-order valence-corrected chi connectivity index (χ1v) is 9.09. The molecule has 1 heterocycles. The highest BCUT2D eigenvalue weighted by Gasteiger charge is 2.16. The summed E-state index contributed by atoms with van der Waals surface area (Å²) in [6, 6.07) is 16.5. The molecular formula is C21H21N3O5. The zero-order chi connectivity index (χ0) is 20.6. The van der Waals surface area contributed by atoms with Crippen LogP contribution < -0.4 is 20.9 Å². The standard InChI is InChI=1S/C21H21N3O5/c1-14(29-17-9-8-15-5-2-3-6-16(15)13-17)20(26)24-23-19(25)10-11-22-21(27)18-7-4-12-28-18/h2-9,12-14H,10-11H2,1H3,(H,22,27)(H,23,25)(H,24,26)/t14-/m1/s1. The second kappa shape index (κ2) is 9.41. The molecule has 0 radical (unpaired) electrons. The first kappa shape index (κ1) is 19.9. The van der Waals surface area contributed by atoms with Crippen LogP contribution in [0.25, 0.3) is 10.8 Å². The summed E-state index contributed by atoms with van der Waals surface area (Å²) < 4.78 is 10.6. The number of benzene rings is 2. The van der Waals surface area contributed by atoms with E-state index < -0.39 is 23.8 Å². The van der Waals surface area contributed by atoms with Crippen LogP contribution in [0.2, 0.25) is 0 Å². The number of amides is 3. The number of nitrogens with one attached hydrogen (secondary N) is 3. The number of carbonyl (C=O) groups excluding carboxylic acids is 3. The predicted octanol–water partition coefficient (Wildman–Crippen LogP) is 2.17. The third-order valence-electron chi connectivity index (χ3n) is 4.11. The maximum atomic E-state index is 12.1. The molecule has 0 saturated carbocycles. The van der Waals surface area contributed by atoms with Gasteiger partial charge in [0.25, 0.3) is 11.8 Å². The Kier molecular flexibility index (Phi) is 6.47. The largest absolute Gasteiger partial charge is 0.481 e. The van der Waals surface area contributed by atoms with E-state index in [1.54, 1.807) is 19.1 Å². The molecule has 3 amide bonds. The van der Waals surface area contributed by atoms with E-state index in [0.29, 0.717) is 5.75 Å². The maximum absolute atomic E-state index is 12.1. The van der Waals surface area contributed by atoms with Crippen molar-refractivity contribution in [3.05, 3.63) is 66.6 Å². The lowest BCUT2D eigenvalue weighted by atomic mass is 10.1. The van der Waals surface area contributed by atoms with Crippen LogP contribution in [0.15, 0.2) is 65.3 Å². The van der Waals surface area contributed by atoms with Gasteiger partial charge in [-0.15, -0.1) is 0 Å². The quantitative estimate of drug-likeness (QED) is 0.531. The van der Waals surface area contributed by atoms with E-state index >= 15 is 0 Å². The lowest BCUT2D eigenvalue weighted by Gasteiger charge is -2.15. The van der Waals surface area contributed by atoms with Crippen LogP contribution in [0.4, 0.5) is 0 Å². The van der Waals surface area contributed by atoms with Crippen molar-refractivity contribution in [2.24, 2.45) is 0 Å². The molecule has 0 fully saturated rings. The Labute approximate surface area is 167 Å². The van der Waals surface area contributed by atoms with Gasteiger partial charge in [-0.2, -0.15) is 0 Å². The Morgan fingerprint density at radius 2 is 1.79 bits per heavy atom.